The van der Waals surface area contributed by atoms with Gasteiger partial charge in [0.15, 0.2) is 0 Å². The van der Waals surface area contributed by atoms with Crippen LogP contribution >= 0.6 is 11.3 Å². The van der Waals surface area contributed by atoms with E-state index in [2.05, 4.69) is 15.2 Å². The van der Waals surface area contributed by atoms with Crippen LogP contribution in [0.15, 0.2) is 29.8 Å². The first kappa shape index (κ1) is 17.5. The first-order chi connectivity index (χ1) is 11.6. The van der Waals surface area contributed by atoms with Gasteiger partial charge in [-0.3, -0.25) is 4.90 Å². The molecule has 1 atom stereocenters. The summed E-state index contributed by atoms with van der Waals surface area (Å²) in [6, 6.07) is 6.71. The van der Waals surface area contributed by atoms with Crippen LogP contribution in [0.25, 0.3) is 0 Å². The molecule has 1 aromatic heterocycles. The Labute approximate surface area is 145 Å². The average Bonchev–Trinajstić information content (AvgIpc) is 3.20. The zero-order valence-electron chi connectivity index (χ0n) is 13.8. The summed E-state index contributed by atoms with van der Waals surface area (Å²) in [5.41, 5.74) is 4.14. The molecule has 130 valence electrons. The Balaban J connectivity index is 1.69. The number of benzene rings is 1. The lowest BCUT2D eigenvalue weighted by atomic mass is 10.1. The molecule has 0 saturated carbocycles. The highest BCUT2D eigenvalue weighted by atomic mass is 32.1. The molecule has 2 heterocycles. The SMILES string of the molecule is Cc1ncsc1CN(Cc1ccc(C(F)F)cc1)CC1CCNC1. The van der Waals surface area contributed by atoms with Gasteiger partial charge in [0.2, 0.25) is 0 Å². The van der Waals surface area contributed by atoms with Crippen LogP contribution in [-0.4, -0.2) is 29.5 Å². The van der Waals surface area contributed by atoms with E-state index in [0.717, 1.165) is 44.0 Å². The molecule has 3 nitrogen and oxygen atoms in total. The predicted octanol–water partition coefficient (Wildman–Crippen LogP) is 4.00. The highest BCUT2D eigenvalue weighted by molar-refractivity contribution is 7.09. The van der Waals surface area contributed by atoms with Gasteiger partial charge in [0.25, 0.3) is 6.43 Å². The molecule has 0 radical (unpaired) electrons. The molecule has 1 aliphatic rings. The summed E-state index contributed by atoms with van der Waals surface area (Å²) in [7, 11) is 0. The third-order valence-corrected chi connectivity index (χ3v) is 5.45. The van der Waals surface area contributed by atoms with Gasteiger partial charge in [-0.05, 0) is 37.9 Å². The van der Waals surface area contributed by atoms with Crippen molar-refractivity contribution in [3.8, 4) is 0 Å². The molecule has 1 unspecified atom stereocenters. The maximum Gasteiger partial charge on any atom is 0.263 e. The lowest BCUT2D eigenvalue weighted by molar-refractivity contribution is 0.151. The summed E-state index contributed by atoms with van der Waals surface area (Å²) < 4.78 is 25.4. The largest absolute Gasteiger partial charge is 0.316 e. The van der Waals surface area contributed by atoms with E-state index in [4.69, 9.17) is 0 Å². The zero-order valence-corrected chi connectivity index (χ0v) is 14.7. The maximum absolute atomic E-state index is 12.7. The second-order valence-corrected chi connectivity index (χ2v) is 7.37. The summed E-state index contributed by atoms with van der Waals surface area (Å²) in [4.78, 5) is 8.03. The van der Waals surface area contributed by atoms with E-state index in [-0.39, 0.29) is 5.56 Å². The van der Waals surface area contributed by atoms with E-state index in [1.807, 2.05) is 24.6 Å². The van der Waals surface area contributed by atoms with E-state index in [1.165, 1.54) is 23.4 Å². The molecule has 1 saturated heterocycles. The number of thiazole rings is 1. The summed E-state index contributed by atoms with van der Waals surface area (Å²) in [5, 5.41) is 3.41. The van der Waals surface area contributed by atoms with Crippen molar-refractivity contribution in [2.45, 2.75) is 32.9 Å². The normalized spacial score (nSPS) is 18.0. The number of rotatable bonds is 7. The molecule has 0 amide bonds. The molecule has 2 aromatic rings. The molecule has 1 N–H and O–H groups in total. The minimum Gasteiger partial charge on any atom is -0.316 e. The summed E-state index contributed by atoms with van der Waals surface area (Å²) in [5.74, 6) is 0.651. The van der Waals surface area contributed by atoms with Crippen molar-refractivity contribution in [3.05, 3.63) is 51.5 Å². The van der Waals surface area contributed by atoms with Crippen LogP contribution in [0.3, 0.4) is 0 Å². The van der Waals surface area contributed by atoms with Gasteiger partial charge in [-0.1, -0.05) is 24.3 Å². The number of halogens is 2. The van der Waals surface area contributed by atoms with Gasteiger partial charge in [-0.15, -0.1) is 11.3 Å². The van der Waals surface area contributed by atoms with Gasteiger partial charge in [0.1, 0.15) is 0 Å². The minimum absolute atomic E-state index is 0.0867. The van der Waals surface area contributed by atoms with Gasteiger partial charge in [-0.25, -0.2) is 13.8 Å². The van der Waals surface area contributed by atoms with E-state index in [0.29, 0.717) is 5.92 Å². The minimum atomic E-state index is -2.40. The van der Waals surface area contributed by atoms with Crippen LogP contribution < -0.4 is 5.32 Å². The Morgan fingerprint density at radius 2 is 2.08 bits per heavy atom. The van der Waals surface area contributed by atoms with E-state index >= 15 is 0 Å². The molecule has 3 rings (SSSR count). The number of hydrogen-bond acceptors (Lipinski definition) is 4. The van der Waals surface area contributed by atoms with Crippen molar-refractivity contribution in [2.24, 2.45) is 5.92 Å². The van der Waals surface area contributed by atoms with Gasteiger partial charge < -0.3 is 5.32 Å². The first-order valence-corrected chi connectivity index (χ1v) is 9.19. The Kier molecular flexibility index (Phi) is 5.92. The lowest BCUT2D eigenvalue weighted by Crippen LogP contribution is -2.30. The molecule has 1 aliphatic heterocycles. The van der Waals surface area contributed by atoms with E-state index < -0.39 is 6.43 Å². The number of alkyl halides is 2. The third-order valence-electron chi connectivity index (χ3n) is 4.53. The van der Waals surface area contributed by atoms with Crippen molar-refractivity contribution in [1.29, 1.82) is 0 Å². The van der Waals surface area contributed by atoms with E-state index in [9.17, 15) is 8.78 Å². The maximum atomic E-state index is 12.7. The second kappa shape index (κ2) is 8.14. The molecular formula is C18H23F2N3S. The smallest absolute Gasteiger partial charge is 0.263 e. The summed E-state index contributed by atoms with van der Waals surface area (Å²) >= 11 is 1.69. The van der Waals surface area contributed by atoms with Crippen LogP contribution in [0.4, 0.5) is 8.78 Å². The summed E-state index contributed by atoms with van der Waals surface area (Å²) in [6.45, 7) is 6.84. The van der Waals surface area contributed by atoms with Gasteiger partial charge in [-0.2, -0.15) is 0 Å². The molecule has 0 aliphatic carbocycles. The predicted molar refractivity (Wildman–Crippen MR) is 93.3 cm³/mol. The highest BCUT2D eigenvalue weighted by Crippen LogP contribution is 2.22. The number of aromatic nitrogens is 1. The van der Waals surface area contributed by atoms with Crippen LogP contribution in [0, 0.1) is 12.8 Å². The fourth-order valence-electron chi connectivity index (χ4n) is 3.13. The average molecular weight is 351 g/mol. The Morgan fingerprint density at radius 1 is 1.29 bits per heavy atom. The van der Waals surface area contributed by atoms with Crippen LogP contribution in [-0.2, 0) is 13.1 Å². The third kappa shape index (κ3) is 4.59. The van der Waals surface area contributed by atoms with Crippen molar-refractivity contribution < 1.29 is 8.78 Å². The monoisotopic (exact) mass is 351 g/mol. The number of nitrogens with one attached hydrogen (secondary N) is 1. The molecule has 0 spiro atoms. The zero-order chi connectivity index (χ0) is 16.9. The van der Waals surface area contributed by atoms with Crippen LogP contribution in [0.5, 0.6) is 0 Å². The number of aryl methyl sites for hydroxylation is 1. The fourth-order valence-corrected chi connectivity index (χ4v) is 3.95. The van der Waals surface area contributed by atoms with E-state index in [1.54, 1.807) is 11.3 Å². The van der Waals surface area contributed by atoms with Gasteiger partial charge in [0, 0.05) is 30.1 Å². The van der Waals surface area contributed by atoms with Crippen molar-refractivity contribution in [3.63, 3.8) is 0 Å². The fraction of sp³-hybridized carbons (Fsp3) is 0.500. The Bertz CT molecular complexity index is 636. The molecule has 6 heteroatoms. The number of hydrogen-bond donors (Lipinski definition) is 1. The Morgan fingerprint density at radius 3 is 2.67 bits per heavy atom. The highest BCUT2D eigenvalue weighted by Gasteiger charge is 2.20. The lowest BCUT2D eigenvalue weighted by Gasteiger charge is -2.25. The molecule has 1 fully saturated rings. The quantitative estimate of drug-likeness (QED) is 0.817. The van der Waals surface area contributed by atoms with Crippen LogP contribution in [0.1, 0.15) is 34.5 Å². The first-order valence-electron chi connectivity index (χ1n) is 8.31. The van der Waals surface area contributed by atoms with Crippen LogP contribution in [0.2, 0.25) is 0 Å². The topological polar surface area (TPSA) is 28.2 Å². The second-order valence-electron chi connectivity index (χ2n) is 6.43. The molecule has 24 heavy (non-hydrogen) atoms. The van der Waals surface area contributed by atoms with Crippen molar-refractivity contribution >= 4 is 11.3 Å². The molecule has 0 bridgehead atoms. The van der Waals surface area contributed by atoms with Gasteiger partial charge in [0.05, 0.1) is 11.2 Å². The van der Waals surface area contributed by atoms with Crippen molar-refractivity contribution in [1.82, 2.24) is 15.2 Å². The summed E-state index contributed by atoms with van der Waals surface area (Å²) in [6.07, 6.45) is -1.21. The number of nitrogens with zero attached hydrogens (tertiary/aromatic N) is 2. The Hall–Kier alpha value is -1.37. The molecular weight excluding hydrogens is 328 g/mol. The standard InChI is InChI=1S/C18H23F2N3S/c1-13-17(24-12-22-13)11-23(10-15-6-7-21-8-15)9-14-2-4-16(5-3-14)18(19)20/h2-5,12,15,18,21H,6-11H2,1H3. The van der Waals surface area contributed by atoms with Crippen molar-refractivity contribution in [2.75, 3.05) is 19.6 Å². The van der Waals surface area contributed by atoms with Gasteiger partial charge >= 0.3 is 0 Å². The molecule has 1 aromatic carbocycles.